The SMILES string of the molecule is NC(=O)CC[C@@H]1NC(=O)[C@@H]2CCCN2C(=O)CNC(=O)[C@H](CCC(N)=O)NC(=O)[C@@H]2CCCN2C(=O)CNC1=O. The summed E-state index contributed by atoms with van der Waals surface area (Å²) in [6.45, 7) is -0.492. The summed E-state index contributed by atoms with van der Waals surface area (Å²) in [5.74, 6) is -5.19. The zero-order valence-electron chi connectivity index (χ0n) is 22.1. The summed E-state index contributed by atoms with van der Waals surface area (Å²) in [7, 11) is 0. The number of rotatable bonds is 6. The average Bonchev–Trinajstić information content (AvgIpc) is 3.59. The number of nitrogens with zero attached hydrogens (tertiary/aromatic N) is 2. The molecular formula is C24H36N8O8. The van der Waals surface area contributed by atoms with E-state index in [0.29, 0.717) is 25.7 Å². The molecule has 16 nitrogen and oxygen atoms in total. The van der Waals surface area contributed by atoms with Gasteiger partial charge in [0.25, 0.3) is 0 Å². The summed E-state index contributed by atoms with van der Waals surface area (Å²) in [5, 5.41) is 10.0. The topological polar surface area (TPSA) is 243 Å². The molecular weight excluding hydrogens is 528 g/mol. The third-order valence-corrected chi connectivity index (χ3v) is 7.20. The number of hydrogen-bond donors (Lipinski definition) is 6. The van der Waals surface area contributed by atoms with Gasteiger partial charge in [-0.25, -0.2) is 0 Å². The molecule has 0 aromatic rings. The number of hydrogen-bond acceptors (Lipinski definition) is 8. The van der Waals surface area contributed by atoms with Crippen molar-refractivity contribution in [3.8, 4) is 0 Å². The first-order valence-corrected chi connectivity index (χ1v) is 13.3. The predicted octanol–water partition coefficient (Wildman–Crippen LogP) is -4.28. The van der Waals surface area contributed by atoms with Crippen LogP contribution >= 0.6 is 0 Å². The molecule has 3 rings (SSSR count). The number of fused-ring (bicyclic) bond motifs is 2. The lowest BCUT2D eigenvalue weighted by molar-refractivity contribution is -0.142. The van der Waals surface area contributed by atoms with Gasteiger partial charge in [0.1, 0.15) is 24.2 Å². The number of primary amides is 2. The van der Waals surface area contributed by atoms with Gasteiger partial charge in [0.2, 0.25) is 47.3 Å². The van der Waals surface area contributed by atoms with Gasteiger partial charge in [-0.05, 0) is 38.5 Å². The van der Waals surface area contributed by atoms with Crippen LogP contribution in [-0.2, 0) is 38.4 Å². The van der Waals surface area contributed by atoms with E-state index in [-0.39, 0.29) is 38.8 Å². The average molecular weight is 565 g/mol. The Hall–Kier alpha value is -4.24. The first kappa shape index (κ1) is 30.3. The van der Waals surface area contributed by atoms with E-state index in [2.05, 4.69) is 21.3 Å². The molecule has 4 atom stereocenters. The Morgan fingerprint density at radius 3 is 1.38 bits per heavy atom. The van der Waals surface area contributed by atoms with Crippen molar-refractivity contribution in [1.29, 1.82) is 0 Å². The molecule has 0 aromatic carbocycles. The van der Waals surface area contributed by atoms with Gasteiger partial charge in [-0.15, -0.1) is 0 Å². The van der Waals surface area contributed by atoms with Gasteiger partial charge in [0.15, 0.2) is 0 Å². The third-order valence-electron chi connectivity index (χ3n) is 7.20. The summed E-state index contributed by atoms with van der Waals surface area (Å²) in [4.78, 5) is 103. The van der Waals surface area contributed by atoms with E-state index in [1.807, 2.05) is 0 Å². The molecule has 220 valence electrons. The number of nitrogens with two attached hydrogens (primary N) is 2. The predicted molar refractivity (Wildman–Crippen MR) is 136 cm³/mol. The lowest BCUT2D eigenvalue weighted by Crippen LogP contribution is -2.57. The van der Waals surface area contributed by atoms with Crippen LogP contribution < -0.4 is 32.7 Å². The summed E-state index contributed by atoms with van der Waals surface area (Å²) in [5.41, 5.74) is 10.4. The maximum Gasteiger partial charge on any atom is 0.243 e. The Bertz CT molecular complexity index is 983. The Kier molecular flexibility index (Phi) is 10.4. The van der Waals surface area contributed by atoms with Crippen LogP contribution in [0.1, 0.15) is 51.4 Å². The molecule has 8 amide bonds. The van der Waals surface area contributed by atoms with E-state index in [0.717, 1.165) is 0 Å². The van der Waals surface area contributed by atoms with Crippen LogP contribution in [0.25, 0.3) is 0 Å². The molecule has 40 heavy (non-hydrogen) atoms. The minimum Gasteiger partial charge on any atom is -0.370 e. The number of carbonyl (C=O) groups excluding carboxylic acids is 8. The highest BCUT2D eigenvalue weighted by Gasteiger charge is 2.38. The van der Waals surface area contributed by atoms with Crippen LogP contribution in [0, 0.1) is 0 Å². The second-order valence-electron chi connectivity index (χ2n) is 10.1. The Morgan fingerprint density at radius 2 is 1.02 bits per heavy atom. The maximum absolute atomic E-state index is 13.1. The van der Waals surface area contributed by atoms with Gasteiger partial charge in [-0.2, -0.15) is 0 Å². The number of amides is 8. The smallest absolute Gasteiger partial charge is 0.243 e. The molecule has 0 radical (unpaired) electrons. The molecule has 3 saturated heterocycles. The molecule has 3 fully saturated rings. The van der Waals surface area contributed by atoms with E-state index >= 15 is 0 Å². The van der Waals surface area contributed by atoms with Crippen LogP contribution in [-0.4, -0.2) is 107 Å². The summed E-state index contributed by atoms with van der Waals surface area (Å²) < 4.78 is 0. The fourth-order valence-corrected chi connectivity index (χ4v) is 5.10. The third kappa shape index (κ3) is 7.89. The molecule has 0 bridgehead atoms. The minimum absolute atomic E-state index is 0.126. The van der Waals surface area contributed by atoms with Gasteiger partial charge in [-0.3, -0.25) is 38.4 Å². The van der Waals surface area contributed by atoms with Gasteiger partial charge in [0.05, 0.1) is 13.1 Å². The van der Waals surface area contributed by atoms with Crippen LogP contribution in [0.2, 0.25) is 0 Å². The molecule has 0 aromatic heterocycles. The largest absolute Gasteiger partial charge is 0.370 e. The molecule has 0 unspecified atom stereocenters. The summed E-state index contributed by atoms with van der Waals surface area (Å²) >= 11 is 0. The van der Waals surface area contributed by atoms with Crippen LogP contribution in [0.15, 0.2) is 0 Å². The standard InChI is InChI=1S/C24H36N8O8/c25-17(33)7-5-13-21(37)28-12-20(36)32-10-2-4-16(32)24(40)30-14(6-8-18(26)34)22(38)27-11-19(35)31-9-1-3-15(31)23(39)29-13/h13-16H,1-12H2,(H2,25,33)(H2,26,34)(H,27,38)(H,28,37)(H,29,39)(H,30,40)/t13-,14-,15-,16-/m0/s1. The van der Waals surface area contributed by atoms with E-state index in [1.165, 1.54) is 9.80 Å². The van der Waals surface area contributed by atoms with Crippen molar-refractivity contribution in [2.24, 2.45) is 11.5 Å². The Balaban J connectivity index is 1.86. The van der Waals surface area contributed by atoms with Crippen molar-refractivity contribution in [2.75, 3.05) is 26.2 Å². The normalized spacial score (nSPS) is 27.0. The zero-order valence-corrected chi connectivity index (χ0v) is 22.1. The second-order valence-corrected chi connectivity index (χ2v) is 10.1. The molecule has 3 aliphatic rings. The van der Waals surface area contributed by atoms with Gasteiger partial charge < -0.3 is 42.5 Å². The molecule has 0 aliphatic carbocycles. The Labute approximate surface area is 230 Å². The lowest BCUT2D eigenvalue weighted by Gasteiger charge is -2.29. The highest BCUT2D eigenvalue weighted by Crippen LogP contribution is 2.19. The van der Waals surface area contributed by atoms with Crippen molar-refractivity contribution < 1.29 is 38.4 Å². The monoisotopic (exact) mass is 564 g/mol. The highest BCUT2D eigenvalue weighted by molar-refractivity contribution is 5.97. The summed E-state index contributed by atoms with van der Waals surface area (Å²) in [6, 6.07) is -4.26. The van der Waals surface area contributed by atoms with E-state index < -0.39 is 84.5 Å². The minimum atomic E-state index is -1.20. The molecule has 8 N–H and O–H groups in total. The quantitative estimate of drug-likeness (QED) is 0.184. The number of carbonyl (C=O) groups is 8. The fourth-order valence-electron chi connectivity index (χ4n) is 5.10. The first-order valence-electron chi connectivity index (χ1n) is 13.3. The lowest BCUT2D eigenvalue weighted by atomic mass is 10.1. The van der Waals surface area contributed by atoms with Crippen LogP contribution in [0.4, 0.5) is 0 Å². The van der Waals surface area contributed by atoms with Gasteiger partial charge in [-0.1, -0.05) is 0 Å². The highest BCUT2D eigenvalue weighted by atomic mass is 16.2. The first-order chi connectivity index (χ1) is 19.0. The van der Waals surface area contributed by atoms with Gasteiger partial charge in [0, 0.05) is 25.9 Å². The maximum atomic E-state index is 13.1. The summed E-state index contributed by atoms with van der Waals surface area (Å²) in [6.07, 6.45) is 0.938. The Morgan fingerprint density at radius 1 is 0.650 bits per heavy atom. The van der Waals surface area contributed by atoms with Crippen LogP contribution in [0.5, 0.6) is 0 Å². The van der Waals surface area contributed by atoms with Crippen molar-refractivity contribution in [3.05, 3.63) is 0 Å². The fraction of sp³-hybridized carbons (Fsp3) is 0.667. The molecule has 16 heteroatoms. The molecule has 3 aliphatic heterocycles. The molecule has 3 heterocycles. The molecule has 0 saturated carbocycles. The van der Waals surface area contributed by atoms with Crippen molar-refractivity contribution >= 4 is 47.3 Å². The zero-order chi connectivity index (χ0) is 29.4. The van der Waals surface area contributed by atoms with E-state index in [1.54, 1.807) is 0 Å². The second kappa shape index (κ2) is 13.7. The van der Waals surface area contributed by atoms with Crippen LogP contribution in [0.3, 0.4) is 0 Å². The number of nitrogens with one attached hydrogen (secondary N) is 4. The van der Waals surface area contributed by atoms with Crippen molar-refractivity contribution in [2.45, 2.75) is 75.5 Å². The molecule has 0 spiro atoms. The van der Waals surface area contributed by atoms with Crippen molar-refractivity contribution in [3.63, 3.8) is 0 Å². The van der Waals surface area contributed by atoms with E-state index in [9.17, 15) is 38.4 Å². The van der Waals surface area contributed by atoms with E-state index in [4.69, 9.17) is 11.5 Å². The van der Waals surface area contributed by atoms with Gasteiger partial charge >= 0.3 is 0 Å². The van der Waals surface area contributed by atoms with Crippen molar-refractivity contribution in [1.82, 2.24) is 31.1 Å².